The van der Waals surface area contributed by atoms with E-state index < -0.39 is 6.89 Å². The lowest BCUT2D eigenvalue weighted by molar-refractivity contribution is -0.111. The topological polar surface area (TPSA) is 65.6 Å². The smallest absolute Gasteiger partial charge is 0.267 e. The van der Waals surface area contributed by atoms with Gasteiger partial charge in [0.05, 0.1) is 17.1 Å². The number of aliphatic imine (C=N–C) groups is 2. The van der Waals surface area contributed by atoms with E-state index in [1.807, 2.05) is 54.6 Å². The third-order valence-corrected chi connectivity index (χ3v) is 10.3. The molecule has 0 atom stereocenters. The molecule has 3 aromatic rings. The number of benzene rings is 3. The first kappa shape index (κ1) is 21.1. The maximum Gasteiger partial charge on any atom is 0.282 e. The highest BCUT2D eigenvalue weighted by molar-refractivity contribution is 8.18. The standard InChI is InChI=1S/C25H20N3OPS/c1-19-27-24(29)23(25(28-19)31-18-17-26)30(20-11-5-2-6-12-20,21-13-7-3-8-14-21)22-15-9-4-10-16-22/h2-16H,18H2,1H3. The van der Waals surface area contributed by atoms with Crippen LogP contribution in [0.1, 0.15) is 6.92 Å². The second kappa shape index (κ2) is 9.31. The van der Waals surface area contributed by atoms with Gasteiger partial charge in [0, 0.05) is 0 Å². The molecule has 0 saturated heterocycles. The number of hydrogen-bond donors (Lipinski definition) is 0. The zero-order chi connectivity index (χ0) is 21.7. The number of amidine groups is 1. The van der Waals surface area contributed by atoms with Gasteiger partial charge in [-0.1, -0.05) is 103 Å². The van der Waals surface area contributed by atoms with Crippen LogP contribution in [0.5, 0.6) is 0 Å². The number of amides is 1. The molecule has 0 saturated carbocycles. The Morgan fingerprint density at radius 3 is 1.68 bits per heavy atom. The van der Waals surface area contributed by atoms with Crippen molar-refractivity contribution in [3.63, 3.8) is 0 Å². The molecule has 1 heterocycles. The van der Waals surface area contributed by atoms with Gasteiger partial charge in [0.25, 0.3) is 5.91 Å². The Morgan fingerprint density at radius 1 is 0.806 bits per heavy atom. The van der Waals surface area contributed by atoms with Gasteiger partial charge < -0.3 is 0 Å². The van der Waals surface area contributed by atoms with E-state index in [1.54, 1.807) is 6.92 Å². The zero-order valence-corrected chi connectivity index (χ0v) is 18.7. The molecule has 0 radical (unpaired) electrons. The van der Waals surface area contributed by atoms with E-state index in [1.165, 1.54) is 11.8 Å². The Bertz CT molecular complexity index is 1160. The van der Waals surface area contributed by atoms with E-state index in [2.05, 4.69) is 52.5 Å². The molecule has 31 heavy (non-hydrogen) atoms. The second-order valence-corrected chi connectivity index (χ2v) is 11.2. The predicted molar refractivity (Wildman–Crippen MR) is 134 cm³/mol. The maximum atomic E-state index is 13.6. The number of rotatable bonds is 4. The average molecular weight is 441 g/mol. The van der Waals surface area contributed by atoms with Crippen LogP contribution in [0, 0.1) is 11.3 Å². The number of nitrogens with zero attached hydrogens (tertiary/aromatic N) is 3. The van der Waals surface area contributed by atoms with Gasteiger partial charge in [-0.05, 0) is 29.7 Å². The molecule has 1 amide bonds. The van der Waals surface area contributed by atoms with E-state index in [-0.39, 0.29) is 11.7 Å². The first-order valence-electron chi connectivity index (χ1n) is 9.79. The van der Waals surface area contributed by atoms with Gasteiger partial charge in [-0.15, -0.1) is 0 Å². The second-order valence-electron chi connectivity index (χ2n) is 6.85. The summed E-state index contributed by atoms with van der Waals surface area (Å²) in [6.07, 6.45) is 0. The third kappa shape index (κ3) is 3.93. The predicted octanol–water partition coefficient (Wildman–Crippen LogP) is 3.77. The molecule has 0 unspecified atom stereocenters. The van der Waals surface area contributed by atoms with Crippen molar-refractivity contribution in [2.24, 2.45) is 9.98 Å². The van der Waals surface area contributed by atoms with Crippen molar-refractivity contribution in [1.29, 1.82) is 5.26 Å². The molecule has 0 N–H and O–H groups in total. The van der Waals surface area contributed by atoms with Crippen molar-refractivity contribution in [3.05, 3.63) is 91.0 Å². The molecule has 4 nitrogen and oxygen atoms in total. The number of nitriles is 1. The number of carbonyl (C=O) groups is 1. The summed E-state index contributed by atoms with van der Waals surface area (Å²) < 4.78 is 0. The van der Waals surface area contributed by atoms with Crippen molar-refractivity contribution in [3.8, 4) is 6.07 Å². The summed E-state index contributed by atoms with van der Waals surface area (Å²) in [5.74, 6) is 0.348. The van der Waals surface area contributed by atoms with Crippen LogP contribution in [-0.4, -0.2) is 27.8 Å². The summed E-state index contributed by atoms with van der Waals surface area (Å²) in [4.78, 5) is 22.5. The van der Waals surface area contributed by atoms with Crippen LogP contribution in [0.15, 0.2) is 101 Å². The van der Waals surface area contributed by atoms with Crippen molar-refractivity contribution < 1.29 is 4.79 Å². The Hall–Kier alpha value is -3.19. The Balaban J connectivity index is 2.24. The summed E-state index contributed by atoms with van der Waals surface area (Å²) in [5.41, 5.74) is 0. The van der Waals surface area contributed by atoms with E-state index in [0.717, 1.165) is 15.9 Å². The lowest BCUT2D eigenvalue weighted by Gasteiger charge is -2.32. The Morgan fingerprint density at radius 2 is 1.26 bits per heavy atom. The third-order valence-electron chi connectivity index (χ3n) is 4.97. The van der Waals surface area contributed by atoms with Crippen LogP contribution in [0.25, 0.3) is 0 Å². The monoisotopic (exact) mass is 441 g/mol. The van der Waals surface area contributed by atoms with Crippen LogP contribution in [0.3, 0.4) is 0 Å². The number of carbonyl (C=O) groups excluding carboxylic acids is 1. The molecule has 1 aliphatic rings. The molecule has 0 aliphatic carbocycles. The van der Waals surface area contributed by atoms with Gasteiger partial charge in [-0.25, -0.2) is 4.99 Å². The molecule has 3 aromatic carbocycles. The van der Waals surface area contributed by atoms with Crippen molar-refractivity contribution in [2.75, 3.05) is 5.75 Å². The van der Waals surface area contributed by atoms with E-state index >= 15 is 0 Å². The SMILES string of the molecule is CC1=NC(=O)C(=P(c2ccccc2)(c2ccccc2)c2ccccc2)C(SCC#N)=N1. The average Bonchev–Trinajstić information content (AvgIpc) is 2.81. The van der Waals surface area contributed by atoms with Gasteiger partial charge in [0.2, 0.25) is 0 Å². The highest BCUT2D eigenvalue weighted by Gasteiger charge is 2.37. The quantitative estimate of drug-likeness (QED) is 0.579. The van der Waals surface area contributed by atoms with E-state index in [0.29, 0.717) is 16.2 Å². The number of thioether (sulfide) groups is 1. The molecule has 0 fully saturated rings. The van der Waals surface area contributed by atoms with Crippen molar-refractivity contribution >= 4 is 56.6 Å². The molecular weight excluding hydrogens is 421 g/mol. The molecule has 0 aromatic heterocycles. The van der Waals surface area contributed by atoms with Gasteiger partial charge >= 0.3 is 0 Å². The lowest BCUT2D eigenvalue weighted by atomic mass is 10.3. The summed E-state index contributed by atoms with van der Waals surface area (Å²) in [6.45, 7) is -0.891. The fourth-order valence-corrected chi connectivity index (χ4v) is 9.22. The first-order chi connectivity index (χ1) is 15.2. The minimum Gasteiger partial charge on any atom is -0.267 e. The Kier molecular flexibility index (Phi) is 6.32. The normalized spacial score (nSPS) is 13.9. The molecule has 0 spiro atoms. The van der Waals surface area contributed by atoms with Crippen molar-refractivity contribution in [2.45, 2.75) is 6.92 Å². The highest BCUT2D eigenvalue weighted by Crippen LogP contribution is 2.47. The molecule has 152 valence electrons. The fourth-order valence-electron chi connectivity index (χ4n) is 3.79. The summed E-state index contributed by atoms with van der Waals surface area (Å²) in [5, 5.41) is 13.6. The summed E-state index contributed by atoms with van der Waals surface area (Å²) in [7, 11) is 0. The minimum atomic E-state index is -2.61. The number of hydrogen-bond acceptors (Lipinski definition) is 4. The fraction of sp³-hybridized carbons (Fsp3) is 0.0800. The van der Waals surface area contributed by atoms with E-state index in [9.17, 15) is 10.1 Å². The molecular formula is C25H20N3OPS. The first-order valence-corrected chi connectivity index (χ1v) is 12.6. The van der Waals surface area contributed by atoms with Gasteiger partial charge in [0.15, 0.2) is 0 Å². The van der Waals surface area contributed by atoms with Gasteiger partial charge in [0.1, 0.15) is 10.9 Å². The van der Waals surface area contributed by atoms with E-state index in [4.69, 9.17) is 0 Å². The highest BCUT2D eigenvalue weighted by atomic mass is 32.2. The van der Waals surface area contributed by atoms with Gasteiger partial charge in [-0.2, -0.15) is 10.3 Å². The molecule has 6 heteroatoms. The van der Waals surface area contributed by atoms with Crippen molar-refractivity contribution in [1.82, 2.24) is 0 Å². The van der Waals surface area contributed by atoms with Crippen LogP contribution in [-0.2, 0) is 4.79 Å². The molecule has 4 rings (SSSR count). The van der Waals surface area contributed by atoms with Gasteiger partial charge in [-0.3, -0.25) is 4.79 Å². The molecule has 1 aliphatic heterocycles. The molecule has 0 bridgehead atoms. The zero-order valence-electron chi connectivity index (χ0n) is 17.0. The van der Waals surface area contributed by atoms with Crippen LogP contribution in [0.4, 0.5) is 0 Å². The Labute approximate surface area is 186 Å². The van der Waals surface area contributed by atoms with Crippen LogP contribution >= 0.6 is 18.6 Å². The minimum absolute atomic E-state index is 0.210. The lowest BCUT2D eigenvalue weighted by Crippen LogP contribution is -2.38. The maximum absolute atomic E-state index is 13.6. The van der Waals surface area contributed by atoms with Crippen LogP contribution < -0.4 is 15.9 Å². The van der Waals surface area contributed by atoms with Crippen LogP contribution in [0.2, 0.25) is 0 Å². The largest absolute Gasteiger partial charge is 0.282 e. The summed E-state index contributed by atoms with van der Waals surface area (Å²) in [6, 6.07) is 32.5. The summed E-state index contributed by atoms with van der Waals surface area (Å²) >= 11 is 1.30.